The standard InChI is InChI=1S/C25H32N6O10/c26-14(10-21(35)36)22(37)29-17(6-8-20(33)34)23(38)30-16(5-7-19(27)32)24(39)31-18(25(40)41)9-12-11-28-15-4-2-1-3-13(12)15/h1-4,11,14,16-18,28H,5-10,26H2,(H2,27,32)(H,29,37)(H,30,38)(H,31,39)(H,33,34)(H,35,36)(H,40,41). The van der Waals surface area contributed by atoms with Gasteiger partial charge in [-0.1, -0.05) is 18.2 Å². The summed E-state index contributed by atoms with van der Waals surface area (Å²) >= 11 is 0. The number of hydrogen-bond donors (Lipinski definition) is 9. The Kier molecular flexibility index (Phi) is 11.8. The van der Waals surface area contributed by atoms with Gasteiger partial charge in [0.05, 0.1) is 12.5 Å². The zero-order valence-corrected chi connectivity index (χ0v) is 21.8. The van der Waals surface area contributed by atoms with Gasteiger partial charge in [-0.15, -0.1) is 0 Å². The highest BCUT2D eigenvalue weighted by Gasteiger charge is 2.31. The van der Waals surface area contributed by atoms with Crippen molar-refractivity contribution in [1.29, 1.82) is 0 Å². The normalized spacial score (nSPS) is 13.8. The number of primary amides is 1. The maximum absolute atomic E-state index is 13.1. The molecule has 0 spiro atoms. The van der Waals surface area contributed by atoms with Crippen LogP contribution in [0.15, 0.2) is 30.5 Å². The van der Waals surface area contributed by atoms with Crippen molar-refractivity contribution >= 4 is 52.4 Å². The topological polar surface area (TPSA) is 284 Å². The summed E-state index contributed by atoms with van der Waals surface area (Å²) in [6.07, 6.45) is -1.05. The van der Waals surface area contributed by atoms with Gasteiger partial charge in [0.15, 0.2) is 0 Å². The van der Waals surface area contributed by atoms with Crippen LogP contribution in [0.5, 0.6) is 0 Å². The number of para-hydroxylation sites is 1. The lowest BCUT2D eigenvalue weighted by molar-refractivity contribution is -0.142. The molecule has 0 bridgehead atoms. The number of carbonyl (C=O) groups excluding carboxylic acids is 4. The first-order chi connectivity index (χ1) is 19.3. The van der Waals surface area contributed by atoms with Crippen molar-refractivity contribution in [1.82, 2.24) is 20.9 Å². The molecule has 0 saturated carbocycles. The van der Waals surface area contributed by atoms with Crippen LogP contribution in [0.25, 0.3) is 10.9 Å². The third-order valence-electron chi connectivity index (χ3n) is 6.04. The lowest BCUT2D eigenvalue weighted by Crippen LogP contribution is -2.57. The number of aromatic amines is 1. The number of carboxylic acids is 3. The molecule has 0 fully saturated rings. The Morgan fingerprint density at radius 3 is 1.90 bits per heavy atom. The van der Waals surface area contributed by atoms with E-state index in [1.165, 1.54) is 0 Å². The number of nitrogens with one attached hydrogen (secondary N) is 4. The molecule has 0 aliphatic carbocycles. The molecule has 16 nitrogen and oxygen atoms in total. The van der Waals surface area contributed by atoms with Crippen molar-refractivity contribution in [2.24, 2.45) is 11.5 Å². The van der Waals surface area contributed by atoms with Gasteiger partial charge in [-0.2, -0.15) is 0 Å². The fourth-order valence-electron chi connectivity index (χ4n) is 3.92. The van der Waals surface area contributed by atoms with Gasteiger partial charge in [0, 0.05) is 36.4 Å². The highest BCUT2D eigenvalue weighted by molar-refractivity contribution is 5.95. The molecule has 0 aliphatic heterocycles. The Bertz CT molecular complexity index is 1310. The van der Waals surface area contributed by atoms with E-state index in [9.17, 15) is 38.7 Å². The number of aromatic nitrogens is 1. The molecule has 0 saturated heterocycles. The second kappa shape index (κ2) is 15.0. The van der Waals surface area contributed by atoms with Crippen molar-refractivity contribution in [3.05, 3.63) is 36.0 Å². The van der Waals surface area contributed by atoms with Crippen LogP contribution in [0.1, 0.15) is 37.7 Å². The molecule has 0 radical (unpaired) electrons. The zero-order valence-electron chi connectivity index (χ0n) is 21.8. The smallest absolute Gasteiger partial charge is 0.326 e. The molecular formula is C25H32N6O10. The first-order valence-electron chi connectivity index (χ1n) is 12.4. The van der Waals surface area contributed by atoms with E-state index >= 15 is 0 Å². The van der Waals surface area contributed by atoms with Crippen molar-refractivity contribution in [2.75, 3.05) is 0 Å². The summed E-state index contributed by atoms with van der Waals surface area (Å²) in [5.74, 6) is -7.96. The van der Waals surface area contributed by atoms with Gasteiger partial charge < -0.3 is 47.7 Å². The Hall–Kier alpha value is -4.99. The molecule has 11 N–H and O–H groups in total. The summed E-state index contributed by atoms with van der Waals surface area (Å²) in [6.45, 7) is 0. The first-order valence-corrected chi connectivity index (χ1v) is 12.4. The van der Waals surface area contributed by atoms with Crippen molar-refractivity contribution < 1.29 is 48.9 Å². The lowest BCUT2D eigenvalue weighted by atomic mass is 10.0. The fourth-order valence-corrected chi connectivity index (χ4v) is 3.92. The number of rotatable bonds is 17. The predicted molar refractivity (Wildman–Crippen MR) is 141 cm³/mol. The van der Waals surface area contributed by atoms with Gasteiger partial charge in [-0.3, -0.25) is 28.8 Å². The minimum atomic E-state index is -1.55. The van der Waals surface area contributed by atoms with E-state index in [1.807, 2.05) is 0 Å². The average molecular weight is 577 g/mol. The quantitative estimate of drug-likeness (QED) is 0.101. The molecule has 2 rings (SSSR count). The molecule has 4 atom stereocenters. The second-order valence-electron chi connectivity index (χ2n) is 9.23. The molecule has 4 unspecified atom stereocenters. The van der Waals surface area contributed by atoms with Gasteiger partial charge in [0.2, 0.25) is 23.6 Å². The van der Waals surface area contributed by atoms with Gasteiger partial charge in [-0.05, 0) is 24.5 Å². The molecule has 2 aromatic rings. The monoisotopic (exact) mass is 576 g/mol. The Balaban J connectivity index is 2.22. The molecule has 16 heteroatoms. The summed E-state index contributed by atoms with van der Waals surface area (Å²) in [4.78, 5) is 86.8. The number of nitrogens with two attached hydrogens (primary N) is 2. The van der Waals surface area contributed by atoms with Gasteiger partial charge >= 0.3 is 17.9 Å². The summed E-state index contributed by atoms with van der Waals surface area (Å²) < 4.78 is 0. The highest BCUT2D eigenvalue weighted by atomic mass is 16.4. The van der Waals surface area contributed by atoms with Crippen LogP contribution >= 0.6 is 0 Å². The Labute approximate surface area is 232 Å². The maximum Gasteiger partial charge on any atom is 0.326 e. The van der Waals surface area contributed by atoms with Crippen LogP contribution in [0, 0.1) is 0 Å². The van der Waals surface area contributed by atoms with Gasteiger partial charge in [-0.25, -0.2) is 4.79 Å². The zero-order chi connectivity index (χ0) is 30.7. The maximum atomic E-state index is 13.1. The van der Waals surface area contributed by atoms with E-state index in [0.29, 0.717) is 5.56 Å². The Morgan fingerprint density at radius 1 is 0.780 bits per heavy atom. The number of H-pyrrole nitrogens is 1. The number of carbonyl (C=O) groups is 7. The third kappa shape index (κ3) is 10.2. The average Bonchev–Trinajstić information content (AvgIpc) is 3.30. The third-order valence-corrected chi connectivity index (χ3v) is 6.04. The molecular weight excluding hydrogens is 544 g/mol. The summed E-state index contributed by atoms with van der Waals surface area (Å²) in [6, 6.07) is 1.06. The van der Waals surface area contributed by atoms with Gasteiger partial charge in [0.25, 0.3) is 0 Å². The molecule has 0 aliphatic rings. The van der Waals surface area contributed by atoms with E-state index in [0.717, 1.165) is 10.9 Å². The van der Waals surface area contributed by atoms with Crippen LogP contribution in [0.2, 0.25) is 0 Å². The summed E-state index contributed by atoms with van der Waals surface area (Å²) in [5.41, 5.74) is 12.0. The molecule has 4 amide bonds. The van der Waals surface area contributed by atoms with E-state index in [1.54, 1.807) is 30.5 Å². The van der Waals surface area contributed by atoms with Crippen molar-refractivity contribution in [3.8, 4) is 0 Å². The number of amides is 4. The fraction of sp³-hybridized carbons (Fsp3) is 0.400. The largest absolute Gasteiger partial charge is 0.481 e. The minimum Gasteiger partial charge on any atom is -0.481 e. The molecule has 1 aromatic carbocycles. The van der Waals surface area contributed by atoms with Crippen LogP contribution in [0.4, 0.5) is 0 Å². The number of hydrogen-bond acceptors (Lipinski definition) is 8. The number of fused-ring (bicyclic) bond motifs is 1. The van der Waals surface area contributed by atoms with Gasteiger partial charge in [0.1, 0.15) is 18.1 Å². The highest BCUT2D eigenvalue weighted by Crippen LogP contribution is 2.19. The number of benzene rings is 1. The van der Waals surface area contributed by atoms with Crippen LogP contribution in [0.3, 0.4) is 0 Å². The van der Waals surface area contributed by atoms with Crippen LogP contribution in [-0.2, 0) is 40.0 Å². The second-order valence-corrected chi connectivity index (χ2v) is 9.23. The van der Waals surface area contributed by atoms with Crippen LogP contribution in [-0.4, -0.2) is 86.0 Å². The van der Waals surface area contributed by atoms with Crippen LogP contribution < -0.4 is 27.4 Å². The number of carboxylic acid groups (broad SMARTS) is 3. The molecule has 1 heterocycles. The summed E-state index contributed by atoms with van der Waals surface area (Å²) in [5, 5.41) is 35.1. The number of aliphatic carboxylic acids is 3. The van der Waals surface area contributed by atoms with E-state index in [4.69, 9.17) is 21.7 Å². The SMILES string of the molecule is NC(=O)CCC(NC(=O)C(CCC(=O)O)NC(=O)C(N)CC(=O)O)C(=O)NC(Cc1c[nH]c2ccccc12)C(=O)O. The van der Waals surface area contributed by atoms with E-state index in [2.05, 4.69) is 20.9 Å². The summed E-state index contributed by atoms with van der Waals surface area (Å²) in [7, 11) is 0. The molecule has 222 valence electrons. The van der Waals surface area contributed by atoms with E-state index < -0.39 is 85.0 Å². The molecule has 1 aromatic heterocycles. The lowest BCUT2D eigenvalue weighted by Gasteiger charge is -2.25. The first kappa shape index (κ1) is 32.2. The van der Waals surface area contributed by atoms with Crippen molar-refractivity contribution in [3.63, 3.8) is 0 Å². The predicted octanol–water partition coefficient (Wildman–Crippen LogP) is -1.82. The molecule has 41 heavy (non-hydrogen) atoms. The Morgan fingerprint density at radius 2 is 1.34 bits per heavy atom. The van der Waals surface area contributed by atoms with E-state index in [-0.39, 0.29) is 19.3 Å². The minimum absolute atomic E-state index is 0.125. The van der Waals surface area contributed by atoms with Crippen molar-refractivity contribution in [2.45, 2.75) is 62.7 Å².